The Bertz CT molecular complexity index is 606. The number of hydrogen-bond donors (Lipinski definition) is 0. The van der Waals surface area contributed by atoms with Gasteiger partial charge in [0.2, 0.25) is 0 Å². The van der Waals surface area contributed by atoms with Crippen LogP contribution in [0.1, 0.15) is 10.4 Å². The maximum atomic E-state index is 12.0. The lowest BCUT2D eigenvalue weighted by atomic mass is 10.0. The molecule has 0 radical (unpaired) electrons. The largest absolute Gasteiger partial charge is 0.468 e. The van der Waals surface area contributed by atoms with E-state index in [9.17, 15) is 9.59 Å². The SMILES string of the molecule is COC(=O)CSCC(=O)c1ccc(-c2ccccc2)cc1. The van der Waals surface area contributed by atoms with E-state index in [0.717, 1.165) is 11.1 Å². The van der Waals surface area contributed by atoms with Crippen molar-refractivity contribution in [3.63, 3.8) is 0 Å². The molecular formula is C17H16O3S. The van der Waals surface area contributed by atoms with Gasteiger partial charge in [-0.1, -0.05) is 54.6 Å². The molecule has 0 bridgehead atoms. The third-order valence-corrected chi connectivity index (χ3v) is 3.90. The highest BCUT2D eigenvalue weighted by Crippen LogP contribution is 2.19. The molecule has 0 unspecified atom stereocenters. The topological polar surface area (TPSA) is 43.4 Å². The van der Waals surface area contributed by atoms with E-state index in [1.54, 1.807) is 0 Å². The van der Waals surface area contributed by atoms with Gasteiger partial charge >= 0.3 is 5.97 Å². The molecule has 0 saturated carbocycles. The number of carbonyl (C=O) groups excluding carboxylic acids is 2. The molecule has 0 fully saturated rings. The first-order chi connectivity index (χ1) is 10.2. The number of rotatable bonds is 6. The Hall–Kier alpha value is -2.07. The van der Waals surface area contributed by atoms with Crippen molar-refractivity contribution in [2.24, 2.45) is 0 Å². The predicted octanol–water partition coefficient (Wildman–Crippen LogP) is 3.44. The van der Waals surface area contributed by atoms with E-state index in [4.69, 9.17) is 0 Å². The molecule has 3 nitrogen and oxygen atoms in total. The maximum Gasteiger partial charge on any atom is 0.315 e. The number of carbonyl (C=O) groups is 2. The number of thioether (sulfide) groups is 1. The predicted molar refractivity (Wildman–Crippen MR) is 85.5 cm³/mol. The van der Waals surface area contributed by atoms with Gasteiger partial charge in [-0.05, 0) is 11.1 Å². The third kappa shape index (κ3) is 4.46. The van der Waals surface area contributed by atoms with Gasteiger partial charge in [-0.15, -0.1) is 11.8 Å². The van der Waals surface area contributed by atoms with Crippen LogP contribution in [0, 0.1) is 0 Å². The van der Waals surface area contributed by atoms with Gasteiger partial charge in [0, 0.05) is 5.56 Å². The Morgan fingerprint density at radius 3 is 2.14 bits per heavy atom. The quantitative estimate of drug-likeness (QED) is 0.605. The molecule has 108 valence electrons. The Morgan fingerprint density at radius 1 is 0.905 bits per heavy atom. The van der Waals surface area contributed by atoms with Crippen molar-refractivity contribution in [2.75, 3.05) is 18.6 Å². The normalized spacial score (nSPS) is 10.1. The molecule has 2 aromatic rings. The van der Waals surface area contributed by atoms with E-state index < -0.39 is 0 Å². The highest BCUT2D eigenvalue weighted by molar-refractivity contribution is 8.00. The molecule has 2 aromatic carbocycles. The Balaban J connectivity index is 1.96. The lowest BCUT2D eigenvalue weighted by Gasteiger charge is -2.04. The number of esters is 1. The molecule has 0 spiro atoms. The van der Waals surface area contributed by atoms with Crippen molar-refractivity contribution in [1.82, 2.24) is 0 Å². The molecule has 0 N–H and O–H groups in total. The zero-order valence-corrected chi connectivity index (χ0v) is 12.6. The zero-order chi connectivity index (χ0) is 15.1. The van der Waals surface area contributed by atoms with Gasteiger partial charge in [0.15, 0.2) is 5.78 Å². The fraction of sp³-hybridized carbons (Fsp3) is 0.176. The fourth-order valence-corrected chi connectivity index (χ4v) is 2.59. The average molecular weight is 300 g/mol. The highest BCUT2D eigenvalue weighted by Gasteiger charge is 2.08. The van der Waals surface area contributed by atoms with Crippen LogP contribution in [-0.2, 0) is 9.53 Å². The van der Waals surface area contributed by atoms with Crippen LogP contribution < -0.4 is 0 Å². The summed E-state index contributed by atoms with van der Waals surface area (Å²) in [6.45, 7) is 0. The van der Waals surface area contributed by atoms with Crippen LogP contribution in [0.4, 0.5) is 0 Å². The van der Waals surface area contributed by atoms with E-state index in [1.165, 1.54) is 18.9 Å². The molecule has 0 atom stereocenters. The summed E-state index contributed by atoms with van der Waals surface area (Å²) in [5.41, 5.74) is 2.86. The lowest BCUT2D eigenvalue weighted by Crippen LogP contribution is -2.08. The van der Waals surface area contributed by atoms with Crippen LogP contribution in [0.15, 0.2) is 54.6 Å². The number of benzene rings is 2. The third-order valence-electron chi connectivity index (χ3n) is 2.99. The van der Waals surface area contributed by atoms with Gasteiger partial charge in [-0.2, -0.15) is 0 Å². The average Bonchev–Trinajstić information content (AvgIpc) is 2.55. The summed E-state index contributed by atoms with van der Waals surface area (Å²) in [4.78, 5) is 23.0. The number of ether oxygens (including phenoxy) is 1. The maximum absolute atomic E-state index is 12.0. The van der Waals surface area contributed by atoms with Crippen LogP contribution in [0.2, 0.25) is 0 Å². The molecule has 0 aromatic heterocycles. The molecule has 0 aliphatic heterocycles. The van der Waals surface area contributed by atoms with Crippen LogP contribution in [0.25, 0.3) is 11.1 Å². The summed E-state index contributed by atoms with van der Waals surface area (Å²) in [6, 6.07) is 17.5. The Morgan fingerprint density at radius 2 is 1.52 bits per heavy atom. The highest BCUT2D eigenvalue weighted by atomic mass is 32.2. The van der Waals surface area contributed by atoms with Crippen LogP contribution in [-0.4, -0.2) is 30.4 Å². The second kappa shape index (κ2) is 7.64. The molecular weight excluding hydrogens is 284 g/mol. The van der Waals surface area contributed by atoms with Crippen molar-refractivity contribution in [1.29, 1.82) is 0 Å². The molecule has 0 aliphatic carbocycles. The minimum Gasteiger partial charge on any atom is -0.468 e. The second-order valence-corrected chi connectivity index (χ2v) is 5.42. The number of methoxy groups -OCH3 is 1. The van der Waals surface area contributed by atoms with Crippen molar-refractivity contribution in [3.05, 3.63) is 60.2 Å². The molecule has 4 heteroatoms. The van der Waals surface area contributed by atoms with Gasteiger partial charge in [0.05, 0.1) is 18.6 Å². The van der Waals surface area contributed by atoms with Crippen LogP contribution in [0.3, 0.4) is 0 Å². The molecule has 2 rings (SSSR count). The number of ketones is 1. The number of Topliss-reactive ketones (excluding diaryl/α,β-unsaturated/α-hetero) is 1. The molecule has 0 aliphatic rings. The van der Waals surface area contributed by atoms with E-state index >= 15 is 0 Å². The fourth-order valence-electron chi connectivity index (χ4n) is 1.85. The Kier molecular flexibility index (Phi) is 5.58. The zero-order valence-electron chi connectivity index (χ0n) is 11.7. The first-order valence-corrected chi connectivity index (χ1v) is 7.69. The van der Waals surface area contributed by atoms with Crippen LogP contribution in [0.5, 0.6) is 0 Å². The van der Waals surface area contributed by atoms with E-state index in [-0.39, 0.29) is 23.3 Å². The summed E-state index contributed by atoms with van der Waals surface area (Å²) in [5, 5.41) is 0. The van der Waals surface area contributed by atoms with Crippen molar-refractivity contribution < 1.29 is 14.3 Å². The first kappa shape index (κ1) is 15.3. The summed E-state index contributed by atoms with van der Waals surface area (Å²) >= 11 is 1.27. The molecule has 21 heavy (non-hydrogen) atoms. The lowest BCUT2D eigenvalue weighted by molar-refractivity contribution is -0.137. The van der Waals surface area contributed by atoms with Crippen molar-refractivity contribution in [2.45, 2.75) is 0 Å². The van der Waals surface area contributed by atoms with Gasteiger partial charge < -0.3 is 4.74 Å². The van der Waals surface area contributed by atoms with Gasteiger partial charge in [-0.25, -0.2) is 0 Å². The van der Waals surface area contributed by atoms with Gasteiger partial charge in [0.1, 0.15) is 0 Å². The smallest absolute Gasteiger partial charge is 0.315 e. The van der Waals surface area contributed by atoms with Crippen molar-refractivity contribution >= 4 is 23.5 Å². The van der Waals surface area contributed by atoms with Gasteiger partial charge in [0.25, 0.3) is 0 Å². The summed E-state index contributed by atoms with van der Waals surface area (Å²) in [6.07, 6.45) is 0. The molecule has 0 amide bonds. The van der Waals surface area contributed by atoms with E-state index in [2.05, 4.69) is 4.74 Å². The minimum absolute atomic E-state index is 0.0171. The molecule has 0 saturated heterocycles. The minimum atomic E-state index is -0.313. The van der Waals surface area contributed by atoms with Gasteiger partial charge in [-0.3, -0.25) is 9.59 Å². The summed E-state index contributed by atoms with van der Waals surface area (Å²) < 4.78 is 4.53. The van der Waals surface area contributed by atoms with Crippen LogP contribution >= 0.6 is 11.8 Å². The monoisotopic (exact) mass is 300 g/mol. The molecule has 0 heterocycles. The standard InChI is InChI=1S/C17H16O3S/c1-20-17(19)12-21-11-16(18)15-9-7-14(8-10-15)13-5-3-2-4-6-13/h2-10H,11-12H2,1H3. The first-order valence-electron chi connectivity index (χ1n) is 6.54. The summed E-state index contributed by atoms with van der Waals surface area (Å²) in [5.74, 6) is 0.181. The summed E-state index contributed by atoms with van der Waals surface area (Å²) in [7, 11) is 1.34. The second-order valence-electron chi connectivity index (χ2n) is 4.44. The Labute approximate surface area is 128 Å². The number of hydrogen-bond acceptors (Lipinski definition) is 4. The van der Waals surface area contributed by atoms with Crippen molar-refractivity contribution in [3.8, 4) is 11.1 Å². The van der Waals surface area contributed by atoms with E-state index in [1.807, 2.05) is 54.6 Å². The van der Waals surface area contributed by atoms with E-state index in [0.29, 0.717) is 5.56 Å².